The van der Waals surface area contributed by atoms with Crippen molar-refractivity contribution in [3.63, 3.8) is 0 Å². The third-order valence-corrected chi connectivity index (χ3v) is 3.60. The second-order valence-electron chi connectivity index (χ2n) is 6.69. The van der Waals surface area contributed by atoms with Crippen molar-refractivity contribution < 1.29 is 0 Å². The Labute approximate surface area is 102 Å². The second-order valence-corrected chi connectivity index (χ2v) is 6.69. The molecule has 96 valence electrons. The molecule has 1 fully saturated rings. The van der Waals surface area contributed by atoms with E-state index < -0.39 is 0 Å². The average molecular weight is 226 g/mol. The molecule has 0 radical (unpaired) electrons. The summed E-state index contributed by atoms with van der Waals surface area (Å²) >= 11 is 0. The Balaban J connectivity index is 2.22. The van der Waals surface area contributed by atoms with Crippen LogP contribution in [0.4, 0.5) is 0 Å². The molecule has 1 saturated heterocycles. The van der Waals surface area contributed by atoms with Gasteiger partial charge in [0, 0.05) is 12.1 Å². The zero-order valence-electron chi connectivity index (χ0n) is 11.6. The van der Waals surface area contributed by atoms with Crippen LogP contribution >= 0.6 is 0 Å². The first-order valence-electron chi connectivity index (χ1n) is 6.88. The fourth-order valence-corrected chi connectivity index (χ4v) is 2.71. The lowest BCUT2D eigenvalue weighted by Crippen LogP contribution is -2.40. The van der Waals surface area contributed by atoms with Gasteiger partial charge < -0.3 is 10.6 Å². The Morgan fingerprint density at radius 2 is 2.00 bits per heavy atom. The monoisotopic (exact) mass is 226 g/mol. The standard InChI is InChI=1S/C14H30N2/c1-12-7-5-6-9-16(12)10-8-13(15)11-14(2,3)4/h12-13H,5-11,15H2,1-4H3. The van der Waals surface area contributed by atoms with Crippen LogP contribution in [0.15, 0.2) is 0 Å². The summed E-state index contributed by atoms with van der Waals surface area (Å²) in [6.07, 6.45) is 6.44. The number of hydrogen-bond donors (Lipinski definition) is 1. The summed E-state index contributed by atoms with van der Waals surface area (Å²) in [6, 6.07) is 1.14. The maximum atomic E-state index is 6.20. The van der Waals surface area contributed by atoms with E-state index in [4.69, 9.17) is 5.73 Å². The van der Waals surface area contributed by atoms with Gasteiger partial charge in [0.15, 0.2) is 0 Å². The molecule has 0 aromatic carbocycles. The van der Waals surface area contributed by atoms with Gasteiger partial charge in [0.25, 0.3) is 0 Å². The Bertz CT molecular complexity index is 195. The van der Waals surface area contributed by atoms with E-state index in [9.17, 15) is 0 Å². The molecule has 2 N–H and O–H groups in total. The van der Waals surface area contributed by atoms with E-state index >= 15 is 0 Å². The zero-order valence-corrected chi connectivity index (χ0v) is 11.6. The van der Waals surface area contributed by atoms with E-state index in [2.05, 4.69) is 32.6 Å². The van der Waals surface area contributed by atoms with Gasteiger partial charge in [0.2, 0.25) is 0 Å². The van der Waals surface area contributed by atoms with Gasteiger partial charge in [0.05, 0.1) is 0 Å². The highest BCUT2D eigenvalue weighted by molar-refractivity contribution is 4.77. The van der Waals surface area contributed by atoms with Crippen molar-refractivity contribution in [2.45, 2.75) is 71.9 Å². The van der Waals surface area contributed by atoms with Crippen molar-refractivity contribution in [2.24, 2.45) is 11.1 Å². The Hall–Kier alpha value is -0.0800. The van der Waals surface area contributed by atoms with Crippen LogP contribution in [0.2, 0.25) is 0 Å². The molecule has 0 spiro atoms. The minimum absolute atomic E-state index is 0.368. The predicted octanol–water partition coefficient (Wildman–Crippen LogP) is 3.01. The molecule has 0 saturated carbocycles. The molecule has 2 atom stereocenters. The second kappa shape index (κ2) is 6.02. The molecule has 0 aliphatic carbocycles. The van der Waals surface area contributed by atoms with E-state index in [0.29, 0.717) is 11.5 Å². The smallest absolute Gasteiger partial charge is 0.00669 e. The van der Waals surface area contributed by atoms with E-state index in [0.717, 1.165) is 18.9 Å². The molecule has 0 aromatic heterocycles. The number of rotatable bonds is 4. The summed E-state index contributed by atoms with van der Waals surface area (Å²) in [4.78, 5) is 2.62. The van der Waals surface area contributed by atoms with Crippen LogP contribution in [-0.2, 0) is 0 Å². The Morgan fingerprint density at radius 3 is 2.56 bits per heavy atom. The van der Waals surface area contributed by atoms with E-state index in [1.807, 2.05) is 0 Å². The van der Waals surface area contributed by atoms with Gasteiger partial charge in [0.1, 0.15) is 0 Å². The van der Waals surface area contributed by atoms with Crippen molar-refractivity contribution in [3.05, 3.63) is 0 Å². The quantitative estimate of drug-likeness (QED) is 0.798. The molecule has 1 aliphatic heterocycles. The largest absolute Gasteiger partial charge is 0.328 e. The summed E-state index contributed by atoms with van der Waals surface area (Å²) < 4.78 is 0. The number of hydrogen-bond acceptors (Lipinski definition) is 2. The third kappa shape index (κ3) is 5.31. The predicted molar refractivity (Wildman–Crippen MR) is 71.6 cm³/mol. The number of likely N-dealkylation sites (tertiary alicyclic amines) is 1. The fourth-order valence-electron chi connectivity index (χ4n) is 2.71. The van der Waals surface area contributed by atoms with Crippen molar-refractivity contribution in [2.75, 3.05) is 13.1 Å². The van der Waals surface area contributed by atoms with Gasteiger partial charge >= 0.3 is 0 Å². The van der Waals surface area contributed by atoms with Gasteiger partial charge in [-0.25, -0.2) is 0 Å². The molecule has 2 nitrogen and oxygen atoms in total. The van der Waals surface area contributed by atoms with Crippen molar-refractivity contribution in [1.29, 1.82) is 0 Å². The maximum absolute atomic E-state index is 6.20. The number of nitrogens with zero attached hydrogens (tertiary/aromatic N) is 1. The van der Waals surface area contributed by atoms with Crippen LogP contribution in [0.3, 0.4) is 0 Å². The SMILES string of the molecule is CC1CCCCN1CCC(N)CC(C)(C)C. The molecule has 16 heavy (non-hydrogen) atoms. The highest BCUT2D eigenvalue weighted by Gasteiger charge is 2.20. The molecule has 2 unspecified atom stereocenters. The molecule has 1 heterocycles. The van der Waals surface area contributed by atoms with Crippen LogP contribution in [0.5, 0.6) is 0 Å². The summed E-state index contributed by atoms with van der Waals surface area (Å²) in [5.74, 6) is 0. The van der Waals surface area contributed by atoms with E-state index in [1.165, 1.54) is 32.4 Å². The minimum Gasteiger partial charge on any atom is -0.328 e. The molecule has 0 aromatic rings. The maximum Gasteiger partial charge on any atom is 0.00669 e. The van der Waals surface area contributed by atoms with Gasteiger partial charge in [-0.2, -0.15) is 0 Å². The minimum atomic E-state index is 0.368. The van der Waals surface area contributed by atoms with Crippen LogP contribution in [0.1, 0.15) is 59.8 Å². The van der Waals surface area contributed by atoms with Gasteiger partial charge in [-0.15, -0.1) is 0 Å². The highest BCUT2D eigenvalue weighted by Crippen LogP contribution is 2.22. The lowest BCUT2D eigenvalue weighted by atomic mass is 9.87. The van der Waals surface area contributed by atoms with Crippen molar-refractivity contribution >= 4 is 0 Å². The third-order valence-electron chi connectivity index (χ3n) is 3.60. The van der Waals surface area contributed by atoms with Gasteiger partial charge in [-0.3, -0.25) is 0 Å². The van der Waals surface area contributed by atoms with Crippen LogP contribution in [0.25, 0.3) is 0 Å². The average Bonchev–Trinajstić information content (AvgIpc) is 2.14. The topological polar surface area (TPSA) is 29.3 Å². The van der Waals surface area contributed by atoms with Crippen LogP contribution in [0, 0.1) is 5.41 Å². The van der Waals surface area contributed by atoms with Gasteiger partial charge in [-0.05, 0) is 51.1 Å². The first-order valence-corrected chi connectivity index (χ1v) is 6.88. The zero-order chi connectivity index (χ0) is 12.2. The van der Waals surface area contributed by atoms with E-state index in [1.54, 1.807) is 0 Å². The Kier molecular flexibility index (Phi) is 5.26. The molecule has 1 aliphatic rings. The van der Waals surface area contributed by atoms with Crippen molar-refractivity contribution in [1.82, 2.24) is 4.90 Å². The summed E-state index contributed by atoms with van der Waals surface area (Å²) in [6.45, 7) is 11.7. The number of nitrogens with two attached hydrogens (primary N) is 1. The highest BCUT2D eigenvalue weighted by atomic mass is 15.2. The lowest BCUT2D eigenvalue weighted by molar-refractivity contribution is 0.152. The molecular weight excluding hydrogens is 196 g/mol. The summed E-state index contributed by atoms with van der Waals surface area (Å²) in [5.41, 5.74) is 6.56. The molecular formula is C14H30N2. The Morgan fingerprint density at radius 1 is 1.31 bits per heavy atom. The summed E-state index contributed by atoms with van der Waals surface area (Å²) in [5, 5.41) is 0. The summed E-state index contributed by atoms with van der Waals surface area (Å²) in [7, 11) is 0. The molecule has 0 bridgehead atoms. The molecule has 0 amide bonds. The van der Waals surface area contributed by atoms with E-state index in [-0.39, 0.29) is 0 Å². The van der Waals surface area contributed by atoms with Crippen LogP contribution in [-0.4, -0.2) is 30.1 Å². The van der Waals surface area contributed by atoms with Crippen molar-refractivity contribution in [3.8, 4) is 0 Å². The van der Waals surface area contributed by atoms with Gasteiger partial charge in [-0.1, -0.05) is 27.2 Å². The lowest BCUT2D eigenvalue weighted by Gasteiger charge is -2.34. The van der Waals surface area contributed by atoms with Crippen LogP contribution < -0.4 is 5.73 Å². The molecule has 1 rings (SSSR count). The first-order chi connectivity index (χ1) is 7.38. The number of piperidine rings is 1. The first kappa shape index (κ1) is 14.0. The normalized spacial score (nSPS) is 25.7. The molecule has 2 heteroatoms. The fraction of sp³-hybridized carbons (Fsp3) is 1.00.